The third kappa shape index (κ3) is 5.85. The van der Waals surface area contributed by atoms with Crippen molar-refractivity contribution in [1.82, 2.24) is 10.2 Å². The largest absolute Gasteiger partial charge is 0.493 e. The smallest absolute Gasteiger partial charge is 0.253 e. The minimum absolute atomic E-state index is 0. The van der Waals surface area contributed by atoms with E-state index in [1.54, 1.807) is 4.90 Å². The van der Waals surface area contributed by atoms with Crippen molar-refractivity contribution in [1.29, 1.82) is 0 Å². The quantitative estimate of drug-likeness (QED) is 0.354. The number of hydrogen-bond donors (Lipinski definition) is 2. The molecule has 1 unspecified atom stereocenters. The van der Waals surface area contributed by atoms with Crippen molar-refractivity contribution in [3.8, 4) is 5.75 Å². The van der Waals surface area contributed by atoms with E-state index >= 15 is 0 Å². The predicted octanol–water partition coefficient (Wildman–Crippen LogP) is 3.71. The van der Waals surface area contributed by atoms with Gasteiger partial charge in [-0.3, -0.25) is 4.79 Å². The summed E-state index contributed by atoms with van der Waals surface area (Å²) in [6.07, 6.45) is 0.843. The second-order valence-electron chi connectivity index (χ2n) is 6.75. The second-order valence-corrected chi connectivity index (χ2v) is 6.75. The van der Waals surface area contributed by atoms with Gasteiger partial charge in [0.2, 0.25) is 0 Å². The van der Waals surface area contributed by atoms with Gasteiger partial charge in [-0.25, -0.2) is 4.99 Å². The number of fused-ring (bicyclic) bond motifs is 1. The predicted molar refractivity (Wildman–Crippen MR) is 127 cm³/mol. The van der Waals surface area contributed by atoms with Crippen LogP contribution in [0.25, 0.3) is 0 Å². The molecule has 0 fully saturated rings. The fourth-order valence-electron chi connectivity index (χ4n) is 3.34. The zero-order valence-electron chi connectivity index (χ0n) is 16.9. The number of rotatable bonds is 6. The van der Waals surface area contributed by atoms with E-state index in [2.05, 4.69) is 10.3 Å². The van der Waals surface area contributed by atoms with E-state index in [0.29, 0.717) is 37.8 Å². The summed E-state index contributed by atoms with van der Waals surface area (Å²) in [5.41, 5.74) is 8.91. The first kappa shape index (κ1) is 23.0. The van der Waals surface area contributed by atoms with E-state index in [0.717, 1.165) is 23.3 Å². The molecule has 1 atom stereocenters. The van der Waals surface area contributed by atoms with Crippen LogP contribution in [0.2, 0.25) is 0 Å². The molecule has 0 bridgehead atoms. The lowest BCUT2D eigenvalue weighted by Gasteiger charge is -2.26. The third-order valence-corrected chi connectivity index (χ3v) is 4.96. The summed E-state index contributed by atoms with van der Waals surface area (Å²) >= 11 is 0. The van der Waals surface area contributed by atoms with Gasteiger partial charge in [0.25, 0.3) is 5.91 Å². The van der Waals surface area contributed by atoms with Gasteiger partial charge in [-0.05, 0) is 37.6 Å². The molecule has 3 rings (SSSR count). The number of nitrogens with one attached hydrogen (secondary N) is 1. The molecule has 0 saturated heterocycles. The van der Waals surface area contributed by atoms with Crippen molar-refractivity contribution in [2.24, 2.45) is 10.7 Å². The van der Waals surface area contributed by atoms with Crippen molar-refractivity contribution in [2.45, 2.75) is 32.9 Å². The van der Waals surface area contributed by atoms with E-state index in [1.165, 1.54) is 0 Å². The summed E-state index contributed by atoms with van der Waals surface area (Å²) in [5, 5.41) is 3.29. The van der Waals surface area contributed by atoms with Gasteiger partial charge < -0.3 is 20.7 Å². The lowest BCUT2D eigenvalue weighted by atomic mass is 10.0. The molecule has 156 valence electrons. The number of nitrogens with two attached hydrogens (primary N) is 1. The molecular weight excluding hydrogens is 479 g/mol. The first-order valence-corrected chi connectivity index (χ1v) is 9.78. The van der Waals surface area contributed by atoms with Crippen LogP contribution < -0.4 is 15.8 Å². The highest BCUT2D eigenvalue weighted by atomic mass is 127. The van der Waals surface area contributed by atoms with Crippen LogP contribution in [0, 0.1) is 0 Å². The van der Waals surface area contributed by atoms with Gasteiger partial charge >= 0.3 is 0 Å². The van der Waals surface area contributed by atoms with Gasteiger partial charge in [-0.15, -0.1) is 24.0 Å². The Morgan fingerprint density at radius 1 is 1.17 bits per heavy atom. The number of aliphatic imine (C=N–C) groups is 1. The Morgan fingerprint density at radius 3 is 2.55 bits per heavy atom. The number of nitrogens with zero attached hydrogens (tertiary/aromatic N) is 2. The van der Waals surface area contributed by atoms with E-state index in [-0.39, 0.29) is 35.9 Å². The molecule has 29 heavy (non-hydrogen) atoms. The Kier molecular flexibility index (Phi) is 8.75. The number of hydrogen-bond acceptors (Lipinski definition) is 3. The number of carbonyl (C=O) groups excluding carboxylic acids is 1. The zero-order chi connectivity index (χ0) is 19.9. The van der Waals surface area contributed by atoms with Crippen LogP contribution in [0.5, 0.6) is 5.75 Å². The number of benzene rings is 2. The lowest BCUT2D eigenvalue weighted by molar-refractivity contribution is 0.0773. The van der Waals surface area contributed by atoms with E-state index in [1.807, 2.05) is 62.4 Å². The van der Waals surface area contributed by atoms with Crippen LogP contribution in [-0.4, -0.2) is 36.5 Å². The van der Waals surface area contributed by atoms with Crippen molar-refractivity contribution in [3.63, 3.8) is 0 Å². The average molecular weight is 508 g/mol. The van der Waals surface area contributed by atoms with Crippen molar-refractivity contribution in [3.05, 3.63) is 65.2 Å². The second kappa shape index (κ2) is 11.0. The standard InChI is InChI=1S/C22H28N4O2.HI/c1-3-26(4-2)21(27)17-11-9-16(10-12-17)15-24-22(23)25-19-13-14-28-20-8-6-5-7-18(19)20;/h5-12,19H,3-4,13-15H2,1-2H3,(H3,23,24,25);1H. The Labute approximate surface area is 189 Å². The molecule has 1 aliphatic heterocycles. The van der Waals surface area contributed by atoms with Gasteiger partial charge in [0, 0.05) is 30.6 Å². The highest BCUT2D eigenvalue weighted by Gasteiger charge is 2.21. The van der Waals surface area contributed by atoms with E-state index in [9.17, 15) is 4.79 Å². The Hall–Kier alpha value is -2.29. The molecule has 3 N–H and O–H groups in total. The number of halogens is 1. The van der Waals surface area contributed by atoms with Crippen molar-refractivity contribution >= 4 is 35.8 Å². The van der Waals surface area contributed by atoms with E-state index < -0.39 is 0 Å². The molecule has 0 spiro atoms. The molecule has 0 aliphatic carbocycles. The maximum absolute atomic E-state index is 12.4. The van der Waals surface area contributed by atoms with Gasteiger partial charge in [-0.2, -0.15) is 0 Å². The SMILES string of the molecule is CCN(CC)C(=O)c1ccc(CN=C(N)NC2CCOc3ccccc32)cc1.I. The maximum atomic E-state index is 12.4. The number of carbonyl (C=O) groups is 1. The van der Waals surface area contributed by atoms with Crippen LogP contribution >= 0.6 is 24.0 Å². The van der Waals surface area contributed by atoms with Gasteiger partial charge in [0.15, 0.2) is 5.96 Å². The molecule has 0 radical (unpaired) electrons. The van der Waals surface area contributed by atoms with Crippen molar-refractivity contribution in [2.75, 3.05) is 19.7 Å². The van der Waals surface area contributed by atoms with Crippen LogP contribution in [0.4, 0.5) is 0 Å². The topological polar surface area (TPSA) is 80.0 Å². The maximum Gasteiger partial charge on any atom is 0.253 e. The number of guanidine groups is 1. The molecule has 2 aromatic rings. The Balaban J connectivity index is 0.00000300. The molecule has 1 heterocycles. The molecule has 6 nitrogen and oxygen atoms in total. The summed E-state index contributed by atoms with van der Waals surface area (Å²) in [4.78, 5) is 18.6. The minimum atomic E-state index is 0. The molecule has 0 saturated carbocycles. The van der Waals surface area contributed by atoms with E-state index in [4.69, 9.17) is 10.5 Å². The first-order valence-electron chi connectivity index (χ1n) is 9.78. The van der Waals surface area contributed by atoms with Crippen LogP contribution in [0.1, 0.15) is 47.8 Å². The number of para-hydroxylation sites is 1. The van der Waals surface area contributed by atoms with Gasteiger partial charge in [0.1, 0.15) is 5.75 Å². The van der Waals surface area contributed by atoms with Crippen LogP contribution in [0.15, 0.2) is 53.5 Å². The molecule has 0 aromatic heterocycles. The van der Waals surface area contributed by atoms with Crippen molar-refractivity contribution < 1.29 is 9.53 Å². The summed E-state index contributed by atoms with van der Waals surface area (Å²) in [5.74, 6) is 1.36. The zero-order valence-corrected chi connectivity index (χ0v) is 19.3. The highest BCUT2D eigenvalue weighted by molar-refractivity contribution is 14.0. The molecular formula is C22H29IN4O2. The fraction of sp³-hybridized carbons (Fsp3) is 0.364. The highest BCUT2D eigenvalue weighted by Crippen LogP contribution is 2.31. The minimum Gasteiger partial charge on any atom is -0.493 e. The molecule has 1 amide bonds. The van der Waals surface area contributed by atoms with Crippen LogP contribution in [-0.2, 0) is 6.54 Å². The Bertz CT molecular complexity index is 835. The Morgan fingerprint density at radius 2 is 1.86 bits per heavy atom. The fourth-order valence-corrected chi connectivity index (χ4v) is 3.34. The van der Waals surface area contributed by atoms with Gasteiger partial charge in [0.05, 0.1) is 19.2 Å². The molecule has 7 heteroatoms. The lowest BCUT2D eigenvalue weighted by Crippen LogP contribution is -2.37. The molecule has 1 aliphatic rings. The normalized spacial score (nSPS) is 15.5. The third-order valence-electron chi connectivity index (χ3n) is 4.96. The summed E-state index contributed by atoms with van der Waals surface area (Å²) < 4.78 is 5.68. The average Bonchev–Trinajstić information content (AvgIpc) is 2.74. The summed E-state index contributed by atoms with van der Waals surface area (Å²) in [6, 6.07) is 15.6. The monoisotopic (exact) mass is 508 g/mol. The number of amides is 1. The van der Waals surface area contributed by atoms with Crippen LogP contribution in [0.3, 0.4) is 0 Å². The number of ether oxygens (including phenoxy) is 1. The van der Waals surface area contributed by atoms with Gasteiger partial charge in [-0.1, -0.05) is 30.3 Å². The summed E-state index contributed by atoms with van der Waals surface area (Å²) in [7, 11) is 0. The summed E-state index contributed by atoms with van der Waals surface area (Å²) in [6.45, 7) is 6.50. The molecule has 2 aromatic carbocycles. The first-order chi connectivity index (χ1) is 13.6.